The predicted molar refractivity (Wildman–Crippen MR) is 49.2 cm³/mol. The molecule has 0 aliphatic rings. The van der Waals surface area contributed by atoms with E-state index in [4.69, 9.17) is 5.11 Å². The second-order valence-corrected chi connectivity index (χ2v) is 2.97. The van der Waals surface area contributed by atoms with Crippen LogP contribution < -0.4 is 0 Å². The maximum atomic E-state index is 10.3. The van der Waals surface area contributed by atoms with Gasteiger partial charge in [-0.1, -0.05) is 12.5 Å². The molecule has 0 bridgehead atoms. The second kappa shape index (κ2) is 5.77. The van der Waals surface area contributed by atoms with Gasteiger partial charge in [-0.15, -0.1) is 6.58 Å². The molecule has 0 unspecified atom stereocenters. The van der Waals surface area contributed by atoms with Crippen molar-refractivity contribution in [1.82, 2.24) is 4.90 Å². The first-order valence-electron chi connectivity index (χ1n) is 4.14. The Bertz CT molecular complexity index is 166. The van der Waals surface area contributed by atoms with Crippen molar-refractivity contribution in [3.8, 4) is 0 Å². The Morgan fingerprint density at radius 2 is 2.17 bits per heavy atom. The van der Waals surface area contributed by atoms with Crippen molar-refractivity contribution in [2.75, 3.05) is 19.6 Å². The van der Waals surface area contributed by atoms with Crippen molar-refractivity contribution in [3.05, 3.63) is 12.2 Å². The molecule has 0 aromatic rings. The van der Waals surface area contributed by atoms with E-state index in [0.29, 0.717) is 0 Å². The number of carboxylic acid groups (broad SMARTS) is 1. The molecule has 0 rings (SSSR count). The molecule has 3 heteroatoms. The number of likely N-dealkylation sites (N-methyl/N-ethyl adjacent to an activating group) is 1. The van der Waals surface area contributed by atoms with E-state index in [1.807, 2.05) is 18.7 Å². The van der Waals surface area contributed by atoms with Crippen LogP contribution in [0, 0.1) is 0 Å². The van der Waals surface area contributed by atoms with Crippen LogP contribution in [0.5, 0.6) is 0 Å². The van der Waals surface area contributed by atoms with Crippen molar-refractivity contribution in [2.24, 2.45) is 0 Å². The molecule has 1 N–H and O–H groups in total. The third kappa shape index (κ3) is 5.92. The summed E-state index contributed by atoms with van der Waals surface area (Å²) in [5, 5.41) is 8.52. The van der Waals surface area contributed by atoms with Gasteiger partial charge in [0.2, 0.25) is 0 Å². The highest BCUT2D eigenvalue weighted by molar-refractivity contribution is 5.69. The molecular formula is C9H17NO2. The van der Waals surface area contributed by atoms with Crippen molar-refractivity contribution in [3.63, 3.8) is 0 Å². The van der Waals surface area contributed by atoms with E-state index in [-0.39, 0.29) is 6.54 Å². The summed E-state index contributed by atoms with van der Waals surface area (Å²) in [7, 11) is 0. The Hall–Kier alpha value is -0.830. The molecule has 0 atom stereocenters. The summed E-state index contributed by atoms with van der Waals surface area (Å²) in [6.07, 6.45) is 0.876. The number of rotatable bonds is 6. The lowest BCUT2D eigenvalue weighted by atomic mass is 10.2. The van der Waals surface area contributed by atoms with Crippen LogP contribution in [0.3, 0.4) is 0 Å². The maximum absolute atomic E-state index is 10.3. The third-order valence-electron chi connectivity index (χ3n) is 1.66. The van der Waals surface area contributed by atoms with Gasteiger partial charge in [0.1, 0.15) is 0 Å². The number of hydrogen-bond acceptors (Lipinski definition) is 2. The van der Waals surface area contributed by atoms with Gasteiger partial charge >= 0.3 is 5.97 Å². The molecule has 3 nitrogen and oxygen atoms in total. The molecule has 0 aromatic heterocycles. The SMILES string of the molecule is C=C(C)CCN(CC)CC(=O)O. The van der Waals surface area contributed by atoms with Gasteiger partial charge in [-0.3, -0.25) is 9.69 Å². The van der Waals surface area contributed by atoms with Crippen molar-refractivity contribution in [2.45, 2.75) is 20.3 Å². The van der Waals surface area contributed by atoms with Crippen molar-refractivity contribution in [1.29, 1.82) is 0 Å². The monoisotopic (exact) mass is 171 g/mol. The summed E-state index contributed by atoms with van der Waals surface area (Å²) in [6, 6.07) is 0. The minimum absolute atomic E-state index is 0.129. The van der Waals surface area contributed by atoms with Gasteiger partial charge in [-0.25, -0.2) is 0 Å². The second-order valence-electron chi connectivity index (χ2n) is 2.97. The van der Waals surface area contributed by atoms with Crippen LogP contribution in [-0.2, 0) is 4.79 Å². The summed E-state index contributed by atoms with van der Waals surface area (Å²) < 4.78 is 0. The van der Waals surface area contributed by atoms with E-state index in [1.165, 1.54) is 0 Å². The molecule has 0 aromatic carbocycles. The maximum Gasteiger partial charge on any atom is 0.317 e. The zero-order valence-corrected chi connectivity index (χ0v) is 7.84. The van der Waals surface area contributed by atoms with E-state index in [2.05, 4.69) is 6.58 Å². The van der Waals surface area contributed by atoms with E-state index in [9.17, 15) is 4.79 Å². The van der Waals surface area contributed by atoms with Crippen molar-refractivity contribution < 1.29 is 9.90 Å². The predicted octanol–water partition coefficient (Wildman–Crippen LogP) is 1.36. The molecule has 0 radical (unpaired) electrons. The quantitative estimate of drug-likeness (QED) is 0.613. The van der Waals surface area contributed by atoms with Crippen LogP contribution in [0.15, 0.2) is 12.2 Å². The smallest absolute Gasteiger partial charge is 0.317 e. The van der Waals surface area contributed by atoms with E-state index >= 15 is 0 Å². The first-order chi connectivity index (χ1) is 5.56. The van der Waals surface area contributed by atoms with Gasteiger partial charge in [0.15, 0.2) is 0 Å². The van der Waals surface area contributed by atoms with E-state index in [1.54, 1.807) is 0 Å². The van der Waals surface area contributed by atoms with Gasteiger partial charge in [0.05, 0.1) is 6.54 Å². The zero-order chi connectivity index (χ0) is 9.56. The van der Waals surface area contributed by atoms with Crippen LogP contribution in [0.4, 0.5) is 0 Å². The summed E-state index contributed by atoms with van der Waals surface area (Å²) in [5.74, 6) is -0.765. The molecular weight excluding hydrogens is 154 g/mol. The van der Waals surface area contributed by atoms with Crippen molar-refractivity contribution >= 4 is 5.97 Å². The van der Waals surface area contributed by atoms with Gasteiger partial charge in [-0.05, 0) is 19.9 Å². The zero-order valence-electron chi connectivity index (χ0n) is 7.84. The number of aliphatic carboxylic acids is 1. The number of hydrogen-bond donors (Lipinski definition) is 1. The minimum Gasteiger partial charge on any atom is -0.480 e. The fourth-order valence-corrected chi connectivity index (χ4v) is 0.889. The van der Waals surface area contributed by atoms with Crippen LogP contribution in [-0.4, -0.2) is 35.6 Å². The van der Waals surface area contributed by atoms with Gasteiger partial charge in [0, 0.05) is 6.54 Å². The van der Waals surface area contributed by atoms with Crippen LogP contribution >= 0.6 is 0 Å². The summed E-state index contributed by atoms with van der Waals surface area (Å²) in [4.78, 5) is 12.2. The van der Waals surface area contributed by atoms with Gasteiger partial charge in [0.25, 0.3) is 0 Å². The molecule has 0 aliphatic carbocycles. The molecule has 12 heavy (non-hydrogen) atoms. The lowest BCUT2D eigenvalue weighted by Gasteiger charge is -2.17. The average Bonchev–Trinajstić information content (AvgIpc) is 1.97. The molecule has 0 amide bonds. The first-order valence-corrected chi connectivity index (χ1v) is 4.14. The summed E-state index contributed by atoms with van der Waals surface area (Å²) in [6.45, 7) is 9.38. The fourth-order valence-electron chi connectivity index (χ4n) is 0.889. The Kier molecular flexibility index (Phi) is 5.37. The Balaban J connectivity index is 3.67. The highest BCUT2D eigenvalue weighted by Crippen LogP contribution is 1.98. The summed E-state index contributed by atoms with van der Waals surface area (Å²) in [5.41, 5.74) is 1.10. The van der Waals surface area contributed by atoms with Crippen LogP contribution in [0.1, 0.15) is 20.3 Å². The highest BCUT2D eigenvalue weighted by atomic mass is 16.4. The Morgan fingerprint density at radius 1 is 1.58 bits per heavy atom. The third-order valence-corrected chi connectivity index (χ3v) is 1.66. The van der Waals surface area contributed by atoms with Gasteiger partial charge in [-0.2, -0.15) is 0 Å². The standard InChI is InChI=1S/C9H17NO2/c1-4-10(7-9(11)12)6-5-8(2)3/h2,4-7H2,1,3H3,(H,11,12). The number of nitrogens with zero attached hydrogens (tertiary/aromatic N) is 1. The molecule has 0 saturated carbocycles. The Morgan fingerprint density at radius 3 is 2.50 bits per heavy atom. The number of carbonyl (C=O) groups is 1. The molecule has 0 fully saturated rings. The largest absolute Gasteiger partial charge is 0.480 e. The molecule has 70 valence electrons. The molecule has 0 heterocycles. The lowest BCUT2D eigenvalue weighted by Crippen LogP contribution is -2.30. The minimum atomic E-state index is -0.765. The Labute approximate surface area is 73.7 Å². The van der Waals surface area contributed by atoms with Crippen LogP contribution in [0.2, 0.25) is 0 Å². The fraction of sp³-hybridized carbons (Fsp3) is 0.667. The average molecular weight is 171 g/mol. The highest BCUT2D eigenvalue weighted by Gasteiger charge is 2.05. The van der Waals surface area contributed by atoms with Crippen LogP contribution in [0.25, 0.3) is 0 Å². The summed E-state index contributed by atoms with van der Waals surface area (Å²) >= 11 is 0. The first kappa shape index (κ1) is 11.2. The molecule has 0 aliphatic heterocycles. The van der Waals surface area contributed by atoms with E-state index < -0.39 is 5.97 Å². The molecule has 0 saturated heterocycles. The molecule has 0 spiro atoms. The lowest BCUT2D eigenvalue weighted by molar-refractivity contribution is -0.138. The number of carboxylic acids is 1. The van der Waals surface area contributed by atoms with E-state index in [0.717, 1.165) is 25.1 Å². The van der Waals surface area contributed by atoms with Gasteiger partial charge < -0.3 is 5.11 Å². The normalized spacial score (nSPS) is 10.2. The topological polar surface area (TPSA) is 40.5 Å².